The zero-order valence-electron chi connectivity index (χ0n) is 43.8. The van der Waals surface area contributed by atoms with Crippen LogP contribution < -0.4 is 0 Å². The molecule has 7 aromatic rings. The number of hydrogen-bond donors (Lipinski definition) is 1. The summed E-state index contributed by atoms with van der Waals surface area (Å²) in [6, 6.07) is 63.7. The number of carbonyl (C=O) groups is 3. The first-order valence-corrected chi connectivity index (χ1v) is 26.7. The normalized spacial score (nSPS) is 24.4. The van der Waals surface area contributed by atoms with Crippen LogP contribution in [0.4, 0.5) is 4.79 Å². The molecule has 0 bridgehead atoms. The highest BCUT2D eigenvalue weighted by molar-refractivity contribution is 5.90. The van der Waals surface area contributed by atoms with Gasteiger partial charge in [0.2, 0.25) is 0 Å². The molecule has 3 aliphatic heterocycles. The number of benzene rings is 7. The molecule has 414 valence electrons. The SMILES string of the molecule is O=C(O[C@@H]1[C@@H](OC(=O)c2ccccc2)[C@H](OCCN(Cc2ccccc2)C(=O)OCc2ccccc2)O[C@H](COCc2ccccc2)[C@H]1O[C@@H]1O[C@@H]2CO[C@@H](c3ccccc3)O[C@H]2[C@H](O)[C@H]1OCc1ccccc1)c1ccccc1. The van der Waals surface area contributed by atoms with Crippen LogP contribution in [-0.2, 0) is 78.5 Å². The van der Waals surface area contributed by atoms with Gasteiger partial charge in [-0.15, -0.1) is 0 Å². The number of esters is 2. The minimum atomic E-state index is -1.56. The van der Waals surface area contributed by atoms with Crippen molar-refractivity contribution in [1.82, 2.24) is 4.90 Å². The molecule has 80 heavy (non-hydrogen) atoms. The number of aliphatic hydroxyl groups is 1. The van der Waals surface area contributed by atoms with Gasteiger partial charge in [0.1, 0.15) is 43.2 Å². The highest BCUT2D eigenvalue weighted by Crippen LogP contribution is 2.39. The van der Waals surface area contributed by atoms with Crippen LogP contribution in [0, 0.1) is 0 Å². The first-order valence-electron chi connectivity index (χ1n) is 26.7. The van der Waals surface area contributed by atoms with Crippen molar-refractivity contribution < 1.29 is 71.6 Å². The van der Waals surface area contributed by atoms with Crippen molar-refractivity contribution >= 4 is 18.0 Å². The van der Waals surface area contributed by atoms with Crippen LogP contribution in [0.2, 0.25) is 0 Å². The first-order chi connectivity index (χ1) is 39.3. The maximum Gasteiger partial charge on any atom is 0.410 e. The van der Waals surface area contributed by atoms with Crippen LogP contribution in [0.15, 0.2) is 212 Å². The number of ether oxygens (including phenoxy) is 11. The van der Waals surface area contributed by atoms with E-state index < -0.39 is 85.7 Å². The van der Waals surface area contributed by atoms with E-state index in [1.165, 1.54) is 4.90 Å². The molecule has 16 nitrogen and oxygen atoms in total. The van der Waals surface area contributed by atoms with Gasteiger partial charge < -0.3 is 62.1 Å². The van der Waals surface area contributed by atoms with Crippen molar-refractivity contribution in [1.29, 1.82) is 0 Å². The van der Waals surface area contributed by atoms with Crippen LogP contribution in [0.5, 0.6) is 0 Å². The molecule has 0 saturated carbocycles. The van der Waals surface area contributed by atoms with Gasteiger partial charge in [-0.1, -0.05) is 188 Å². The molecule has 11 atom stereocenters. The number of hydrogen-bond acceptors (Lipinski definition) is 15. The van der Waals surface area contributed by atoms with Gasteiger partial charge in [-0.2, -0.15) is 0 Å². The Hall–Kier alpha value is -7.61. The van der Waals surface area contributed by atoms with Gasteiger partial charge in [-0.25, -0.2) is 14.4 Å². The number of amides is 1. The predicted octanol–water partition coefficient (Wildman–Crippen LogP) is 9.41. The quantitative estimate of drug-likeness (QED) is 0.0501. The Kier molecular flexibility index (Phi) is 19.5. The van der Waals surface area contributed by atoms with Gasteiger partial charge in [0, 0.05) is 18.7 Å². The average molecular weight is 1090 g/mol. The second kappa shape index (κ2) is 28.0. The summed E-state index contributed by atoms with van der Waals surface area (Å²) in [6.07, 6.45) is -14.4. The maximum atomic E-state index is 14.6. The van der Waals surface area contributed by atoms with E-state index in [1.807, 2.05) is 152 Å². The molecule has 3 aliphatic rings. The number of carbonyl (C=O) groups excluding carboxylic acids is 3. The second-order valence-corrected chi connectivity index (χ2v) is 19.4. The Morgan fingerprint density at radius 1 is 0.512 bits per heavy atom. The highest BCUT2D eigenvalue weighted by atomic mass is 16.8. The lowest BCUT2D eigenvalue weighted by molar-refractivity contribution is -0.389. The van der Waals surface area contributed by atoms with Gasteiger partial charge in [0.05, 0.1) is 44.2 Å². The van der Waals surface area contributed by atoms with Crippen LogP contribution in [0.3, 0.4) is 0 Å². The fraction of sp³-hybridized carbons (Fsp3) is 0.297. The van der Waals surface area contributed by atoms with Crippen molar-refractivity contribution in [3.05, 3.63) is 251 Å². The highest BCUT2D eigenvalue weighted by Gasteiger charge is 2.56. The molecule has 0 unspecified atom stereocenters. The molecule has 7 aromatic carbocycles. The van der Waals surface area contributed by atoms with Crippen molar-refractivity contribution in [2.75, 3.05) is 26.4 Å². The maximum absolute atomic E-state index is 14.6. The zero-order valence-corrected chi connectivity index (χ0v) is 43.8. The third-order valence-corrected chi connectivity index (χ3v) is 13.8. The molecule has 0 radical (unpaired) electrons. The van der Waals surface area contributed by atoms with Crippen LogP contribution in [0.25, 0.3) is 0 Å². The van der Waals surface area contributed by atoms with E-state index in [9.17, 15) is 19.5 Å². The van der Waals surface area contributed by atoms with Crippen LogP contribution >= 0.6 is 0 Å². The van der Waals surface area contributed by atoms with Gasteiger partial charge in [-0.05, 0) is 46.5 Å². The topological polar surface area (TPSA) is 176 Å². The molecule has 10 rings (SSSR count). The molecule has 0 aliphatic carbocycles. The molecule has 3 heterocycles. The molecule has 0 aromatic heterocycles. The minimum absolute atomic E-state index is 0.00191. The molecular weight excluding hydrogens is 1020 g/mol. The summed E-state index contributed by atoms with van der Waals surface area (Å²) in [6.45, 7) is -0.00758. The molecule has 1 amide bonds. The summed E-state index contributed by atoms with van der Waals surface area (Å²) in [7, 11) is 0. The third-order valence-electron chi connectivity index (χ3n) is 13.8. The summed E-state index contributed by atoms with van der Waals surface area (Å²) in [5.41, 5.74) is 4.43. The van der Waals surface area contributed by atoms with E-state index in [0.29, 0.717) is 0 Å². The standard InChI is InChI=1S/C64H63NO15/c66-53-54-52(43-73-61(79-54)50-34-20-7-21-35-50)76-63(56(53)72-40-46-26-12-3-13-27-46)80-55-51(42-70-39-45-24-10-2-11-25-45)75-62(58(78-60(68)49-32-18-6-19-33-49)57(55)77-59(67)48-30-16-5-17-31-48)71-37-36-65(38-44-22-8-1-9-23-44)64(69)74-41-47-28-14-4-15-29-47/h1-35,51-58,61-63,66H,36-43H2/t51-,52-,53+,54-,55-,56-,57+,58-,61-,62-,63+/m1/s1. The van der Waals surface area contributed by atoms with E-state index in [2.05, 4.69) is 0 Å². The summed E-state index contributed by atoms with van der Waals surface area (Å²) in [5, 5.41) is 12.5. The van der Waals surface area contributed by atoms with Crippen LogP contribution in [-0.4, -0.2) is 116 Å². The molecule has 0 spiro atoms. The number of rotatable bonds is 22. The Bertz CT molecular complexity index is 2990. The Morgan fingerprint density at radius 2 is 1.02 bits per heavy atom. The molecule has 16 heteroatoms. The van der Waals surface area contributed by atoms with Crippen molar-refractivity contribution in [2.24, 2.45) is 0 Å². The van der Waals surface area contributed by atoms with Crippen molar-refractivity contribution in [3.8, 4) is 0 Å². The molecule has 3 saturated heterocycles. The van der Waals surface area contributed by atoms with E-state index in [0.717, 1.165) is 27.8 Å². The Morgan fingerprint density at radius 3 is 1.61 bits per heavy atom. The smallest absolute Gasteiger partial charge is 0.410 e. The predicted molar refractivity (Wildman–Crippen MR) is 290 cm³/mol. The van der Waals surface area contributed by atoms with E-state index in [1.54, 1.807) is 60.7 Å². The third kappa shape index (κ3) is 14.8. The van der Waals surface area contributed by atoms with E-state index in [-0.39, 0.29) is 63.9 Å². The lowest BCUT2D eigenvalue weighted by Gasteiger charge is -2.50. The van der Waals surface area contributed by atoms with E-state index in [4.69, 9.17) is 52.1 Å². The van der Waals surface area contributed by atoms with Crippen molar-refractivity contribution in [2.45, 2.75) is 94.1 Å². The second-order valence-electron chi connectivity index (χ2n) is 19.4. The summed E-state index contributed by atoms with van der Waals surface area (Å²) < 4.78 is 71.7. The monoisotopic (exact) mass is 1090 g/mol. The molecule has 3 fully saturated rings. The molecular formula is C64H63NO15. The van der Waals surface area contributed by atoms with Gasteiger partial charge >= 0.3 is 18.0 Å². The van der Waals surface area contributed by atoms with Crippen LogP contribution in [0.1, 0.15) is 54.8 Å². The van der Waals surface area contributed by atoms with Gasteiger partial charge in [0.15, 0.2) is 31.1 Å². The fourth-order valence-corrected chi connectivity index (χ4v) is 9.65. The molecule has 1 N–H and O–H groups in total. The average Bonchev–Trinajstić information content (AvgIpc) is 3.59. The zero-order chi connectivity index (χ0) is 54.9. The number of fused-ring (bicyclic) bond motifs is 1. The Labute approximate surface area is 464 Å². The minimum Gasteiger partial charge on any atom is -0.452 e. The summed E-state index contributed by atoms with van der Waals surface area (Å²) in [4.78, 5) is 44.4. The lowest BCUT2D eigenvalue weighted by atomic mass is 9.95. The fourth-order valence-electron chi connectivity index (χ4n) is 9.65. The van der Waals surface area contributed by atoms with Gasteiger partial charge in [0.25, 0.3) is 0 Å². The lowest BCUT2D eigenvalue weighted by Crippen LogP contribution is -2.67. The largest absolute Gasteiger partial charge is 0.452 e. The number of aliphatic hydroxyl groups excluding tert-OH is 1. The first kappa shape index (κ1) is 55.7. The van der Waals surface area contributed by atoms with Gasteiger partial charge in [-0.3, -0.25) is 0 Å². The number of nitrogens with zero attached hydrogens (tertiary/aromatic N) is 1. The summed E-state index contributed by atoms with van der Waals surface area (Å²) >= 11 is 0. The van der Waals surface area contributed by atoms with Crippen molar-refractivity contribution in [3.63, 3.8) is 0 Å². The van der Waals surface area contributed by atoms with E-state index >= 15 is 0 Å². The summed E-state index contributed by atoms with van der Waals surface area (Å²) in [5.74, 6) is -1.57. The Balaban J connectivity index is 0.998.